The fourth-order valence-electron chi connectivity index (χ4n) is 1.66. The predicted octanol–water partition coefficient (Wildman–Crippen LogP) is 1.72. The van der Waals surface area contributed by atoms with Gasteiger partial charge in [-0.1, -0.05) is 0 Å². The van der Waals surface area contributed by atoms with Crippen molar-refractivity contribution in [1.82, 2.24) is 9.55 Å². The molecule has 96 valence electrons. The monoisotopic (exact) mass is 266 g/mol. The van der Waals surface area contributed by atoms with Crippen LogP contribution in [-0.2, 0) is 16.1 Å². The third-order valence-corrected chi connectivity index (χ3v) is 3.66. The van der Waals surface area contributed by atoms with Gasteiger partial charge in [0.15, 0.2) is 0 Å². The number of aryl methyl sites for hydroxylation is 2. The second-order valence-corrected chi connectivity index (χ2v) is 4.77. The number of hydrogen-bond donors (Lipinski definition) is 0. The van der Waals surface area contributed by atoms with Crippen molar-refractivity contribution in [2.45, 2.75) is 26.8 Å². The normalized spacial score (nSPS) is 10.8. The van der Waals surface area contributed by atoms with Gasteiger partial charge in [-0.05, 0) is 24.8 Å². The van der Waals surface area contributed by atoms with E-state index in [1.807, 2.05) is 12.3 Å². The van der Waals surface area contributed by atoms with Crippen molar-refractivity contribution in [3.63, 3.8) is 0 Å². The van der Waals surface area contributed by atoms with Crippen LogP contribution in [0.25, 0.3) is 10.2 Å². The highest BCUT2D eigenvalue weighted by atomic mass is 32.1. The van der Waals surface area contributed by atoms with E-state index in [9.17, 15) is 9.59 Å². The first-order valence-electron chi connectivity index (χ1n) is 5.72. The van der Waals surface area contributed by atoms with E-state index in [-0.39, 0.29) is 17.9 Å². The first-order valence-corrected chi connectivity index (χ1v) is 6.60. The zero-order valence-corrected chi connectivity index (χ0v) is 11.1. The topological polar surface area (TPSA) is 61.2 Å². The van der Waals surface area contributed by atoms with Gasteiger partial charge in [-0.25, -0.2) is 4.98 Å². The van der Waals surface area contributed by atoms with Gasteiger partial charge in [0.05, 0.1) is 24.9 Å². The van der Waals surface area contributed by atoms with Crippen LogP contribution in [0.5, 0.6) is 0 Å². The zero-order valence-electron chi connectivity index (χ0n) is 10.3. The van der Waals surface area contributed by atoms with E-state index < -0.39 is 0 Å². The minimum absolute atomic E-state index is 0.0950. The van der Waals surface area contributed by atoms with Crippen molar-refractivity contribution in [3.05, 3.63) is 27.6 Å². The summed E-state index contributed by atoms with van der Waals surface area (Å²) in [6.45, 7) is 4.34. The van der Waals surface area contributed by atoms with Gasteiger partial charge < -0.3 is 4.74 Å². The van der Waals surface area contributed by atoms with E-state index >= 15 is 0 Å². The highest BCUT2D eigenvalue weighted by molar-refractivity contribution is 7.17. The maximum atomic E-state index is 12.1. The van der Waals surface area contributed by atoms with E-state index in [0.29, 0.717) is 17.9 Å². The fourth-order valence-corrected chi connectivity index (χ4v) is 2.61. The van der Waals surface area contributed by atoms with Crippen LogP contribution < -0.4 is 5.56 Å². The molecule has 2 rings (SSSR count). The molecule has 0 aliphatic heterocycles. The van der Waals surface area contributed by atoms with Crippen LogP contribution in [0.4, 0.5) is 0 Å². The van der Waals surface area contributed by atoms with Gasteiger partial charge >= 0.3 is 5.97 Å². The van der Waals surface area contributed by atoms with Crippen LogP contribution in [0.1, 0.15) is 18.9 Å². The molecule has 2 aromatic rings. The molecule has 0 bridgehead atoms. The molecule has 2 heterocycles. The summed E-state index contributed by atoms with van der Waals surface area (Å²) in [5.41, 5.74) is 1.66. The molecule has 0 aliphatic carbocycles. The SMILES string of the molecule is CCOC(=O)CCn1cnc2c(C)csc2c1=O. The van der Waals surface area contributed by atoms with Crippen molar-refractivity contribution < 1.29 is 9.53 Å². The molecule has 0 radical (unpaired) electrons. The van der Waals surface area contributed by atoms with E-state index in [1.165, 1.54) is 22.2 Å². The van der Waals surface area contributed by atoms with Crippen LogP contribution in [0.3, 0.4) is 0 Å². The van der Waals surface area contributed by atoms with E-state index in [0.717, 1.165) is 11.1 Å². The molecule has 0 aromatic carbocycles. The minimum Gasteiger partial charge on any atom is -0.466 e. The summed E-state index contributed by atoms with van der Waals surface area (Å²) < 4.78 is 6.91. The molecule has 2 aromatic heterocycles. The predicted molar refractivity (Wildman–Crippen MR) is 69.9 cm³/mol. The molecule has 18 heavy (non-hydrogen) atoms. The minimum atomic E-state index is -0.299. The summed E-state index contributed by atoms with van der Waals surface area (Å²) in [5, 5.41) is 1.91. The molecule has 6 heteroatoms. The Bertz CT molecular complexity index is 630. The number of nitrogens with zero attached hydrogens (tertiary/aromatic N) is 2. The molecule has 0 amide bonds. The summed E-state index contributed by atoms with van der Waals surface area (Å²) in [4.78, 5) is 27.6. The van der Waals surface area contributed by atoms with Crippen LogP contribution in [0, 0.1) is 6.92 Å². The lowest BCUT2D eigenvalue weighted by Crippen LogP contribution is -2.21. The maximum Gasteiger partial charge on any atom is 0.307 e. The van der Waals surface area contributed by atoms with Crippen molar-refractivity contribution in [1.29, 1.82) is 0 Å². The molecular weight excluding hydrogens is 252 g/mol. The highest BCUT2D eigenvalue weighted by Gasteiger charge is 2.09. The van der Waals surface area contributed by atoms with Crippen molar-refractivity contribution in [2.24, 2.45) is 0 Å². The zero-order chi connectivity index (χ0) is 13.1. The summed E-state index contributed by atoms with van der Waals surface area (Å²) in [7, 11) is 0. The van der Waals surface area contributed by atoms with Gasteiger partial charge in [0, 0.05) is 6.54 Å². The number of rotatable bonds is 4. The molecule has 0 aliphatic rings. The second-order valence-electron chi connectivity index (χ2n) is 3.89. The van der Waals surface area contributed by atoms with Gasteiger partial charge in [-0.3, -0.25) is 14.2 Å². The molecule has 5 nitrogen and oxygen atoms in total. The van der Waals surface area contributed by atoms with Gasteiger partial charge in [0.2, 0.25) is 0 Å². The van der Waals surface area contributed by atoms with Gasteiger partial charge in [-0.2, -0.15) is 0 Å². The molecule has 0 N–H and O–H groups in total. The van der Waals surface area contributed by atoms with Crippen molar-refractivity contribution >= 4 is 27.5 Å². The van der Waals surface area contributed by atoms with Crippen LogP contribution >= 0.6 is 11.3 Å². The molecule has 0 spiro atoms. The van der Waals surface area contributed by atoms with Crippen LogP contribution in [0.15, 0.2) is 16.5 Å². The number of carbonyl (C=O) groups excluding carboxylic acids is 1. The van der Waals surface area contributed by atoms with Crippen LogP contribution in [-0.4, -0.2) is 22.1 Å². The number of fused-ring (bicyclic) bond motifs is 1. The van der Waals surface area contributed by atoms with E-state index in [4.69, 9.17) is 4.74 Å². The second kappa shape index (κ2) is 5.30. The third kappa shape index (κ3) is 2.43. The van der Waals surface area contributed by atoms with Crippen molar-refractivity contribution in [3.8, 4) is 0 Å². The van der Waals surface area contributed by atoms with Gasteiger partial charge in [-0.15, -0.1) is 11.3 Å². The lowest BCUT2D eigenvalue weighted by atomic mass is 10.3. The summed E-state index contributed by atoms with van der Waals surface area (Å²) in [6.07, 6.45) is 1.68. The summed E-state index contributed by atoms with van der Waals surface area (Å²) in [6, 6.07) is 0. The standard InChI is InChI=1S/C12H14N2O3S/c1-3-17-9(15)4-5-14-7-13-10-8(2)6-18-11(10)12(14)16/h6-7H,3-5H2,1-2H3. The number of hydrogen-bond acceptors (Lipinski definition) is 5. The molecule has 0 saturated heterocycles. The number of thiophene rings is 1. The Labute approximate surface area is 108 Å². The molecule has 0 unspecified atom stereocenters. The first kappa shape index (κ1) is 12.8. The Morgan fingerprint density at radius 1 is 1.56 bits per heavy atom. The summed E-state index contributed by atoms with van der Waals surface area (Å²) >= 11 is 1.39. The smallest absolute Gasteiger partial charge is 0.307 e. The molecule has 0 saturated carbocycles. The Morgan fingerprint density at radius 2 is 2.33 bits per heavy atom. The van der Waals surface area contributed by atoms with Gasteiger partial charge in [0.25, 0.3) is 5.56 Å². The molecule has 0 atom stereocenters. The number of esters is 1. The lowest BCUT2D eigenvalue weighted by molar-refractivity contribution is -0.143. The highest BCUT2D eigenvalue weighted by Crippen LogP contribution is 2.19. The average Bonchev–Trinajstić information content (AvgIpc) is 2.72. The lowest BCUT2D eigenvalue weighted by Gasteiger charge is -2.04. The van der Waals surface area contributed by atoms with Crippen LogP contribution in [0.2, 0.25) is 0 Å². The number of carbonyl (C=O) groups is 1. The Hall–Kier alpha value is -1.69. The third-order valence-electron chi connectivity index (χ3n) is 2.59. The van der Waals surface area contributed by atoms with Gasteiger partial charge in [0.1, 0.15) is 4.70 Å². The molecule has 0 fully saturated rings. The first-order chi connectivity index (χ1) is 8.63. The van der Waals surface area contributed by atoms with Crippen molar-refractivity contribution in [2.75, 3.05) is 6.61 Å². The quantitative estimate of drug-likeness (QED) is 0.790. The fraction of sp³-hybridized carbons (Fsp3) is 0.417. The largest absolute Gasteiger partial charge is 0.466 e. The Balaban J connectivity index is 2.22. The Morgan fingerprint density at radius 3 is 3.06 bits per heavy atom. The molecular formula is C12H14N2O3S. The van der Waals surface area contributed by atoms with E-state index in [1.54, 1.807) is 6.92 Å². The number of aromatic nitrogens is 2. The summed E-state index contributed by atoms with van der Waals surface area (Å²) in [5.74, 6) is -0.299. The number of ether oxygens (including phenoxy) is 1. The Kier molecular flexibility index (Phi) is 3.76. The average molecular weight is 266 g/mol. The van der Waals surface area contributed by atoms with E-state index in [2.05, 4.69) is 4.98 Å². The maximum absolute atomic E-state index is 12.1.